The van der Waals surface area contributed by atoms with E-state index in [2.05, 4.69) is 10.3 Å². The normalized spacial score (nSPS) is 11.7. The van der Waals surface area contributed by atoms with Crippen LogP contribution in [0.15, 0.2) is 41.8 Å². The van der Waals surface area contributed by atoms with Crippen LogP contribution in [0.4, 0.5) is 4.39 Å². The van der Waals surface area contributed by atoms with E-state index in [1.54, 1.807) is 35.3 Å². The lowest BCUT2D eigenvalue weighted by atomic mass is 10.1. The lowest BCUT2D eigenvalue weighted by Crippen LogP contribution is -2.16. The Morgan fingerprint density at radius 1 is 1.47 bits per heavy atom. The molecule has 0 saturated heterocycles. The number of benzene rings is 1. The van der Waals surface area contributed by atoms with Gasteiger partial charge in [0.05, 0.1) is 12.1 Å². The summed E-state index contributed by atoms with van der Waals surface area (Å²) in [6.45, 7) is 0.297. The number of halogens is 1. The van der Waals surface area contributed by atoms with E-state index in [1.807, 2.05) is 0 Å². The first-order valence-corrected chi connectivity index (χ1v) is 4.95. The van der Waals surface area contributed by atoms with Crippen LogP contribution in [0.25, 0.3) is 0 Å². The first-order chi connectivity index (χ1) is 8.22. The van der Waals surface area contributed by atoms with Gasteiger partial charge in [0.2, 0.25) is 0 Å². The predicted octanol–water partition coefficient (Wildman–Crippen LogP) is 1.17. The first-order valence-electron chi connectivity index (χ1n) is 4.95. The van der Waals surface area contributed by atoms with Gasteiger partial charge in [0.25, 0.3) is 0 Å². The number of rotatable bonds is 3. The Labute approximate surface area is 97.0 Å². The average Bonchev–Trinajstić information content (AvgIpc) is 2.84. The Kier molecular flexibility index (Phi) is 3.04. The van der Waals surface area contributed by atoms with Crippen molar-refractivity contribution in [3.05, 3.63) is 53.6 Å². The van der Waals surface area contributed by atoms with Gasteiger partial charge in [-0.15, -0.1) is 0 Å². The quantitative estimate of drug-likeness (QED) is 0.362. The lowest BCUT2D eigenvalue weighted by Gasteiger charge is -2.07. The number of hydrogen-bond acceptors (Lipinski definition) is 3. The third-order valence-corrected chi connectivity index (χ3v) is 2.35. The highest BCUT2D eigenvalue weighted by atomic mass is 19.1. The van der Waals surface area contributed by atoms with Crippen LogP contribution in [0.5, 0.6) is 0 Å². The van der Waals surface area contributed by atoms with Gasteiger partial charge < -0.3 is 10.9 Å². The SMILES string of the molecule is N/C(=N/O)c1cccc(Cn2cccn2)c1F. The van der Waals surface area contributed by atoms with Crippen molar-refractivity contribution in [1.29, 1.82) is 0 Å². The Morgan fingerprint density at radius 2 is 2.29 bits per heavy atom. The molecule has 1 aromatic heterocycles. The highest BCUT2D eigenvalue weighted by Crippen LogP contribution is 2.13. The molecule has 0 bridgehead atoms. The van der Waals surface area contributed by atoms with Crippen LogP contribution in [0.2, 0.25) is 0 Å². The van der Waals surface area contributed by atoms with Crippen LogP contribution in [-0.2, 0) is 6.54 Å². The number of nitrogens with zero attached hydrogens (tertiary/aromatic N) is 3. The Hall–Kier alpha value is -2.37. The smallest absolute Gasteiger partial charge is 0.173 e. The van der Waals surface area contributed by atoms with Crippen LogP contribution in [0.3, 0.4) is 0 Å². The predicted molar refractivity (Wildman–Crippen MR) is 60.2 cm³/mol. The fraction of sp³-hybridized carbons (Fsp3) is 0.0909. The van der Waals surface area contributed by atoms with Gasteiger partial charge in [-0.05, 0) is 12.1 Å². The largest absolute Gasteiger partial charge is 0.409 e. The van der Waals surface area contributed by atoms with Crippen LogP contribution in [-0.4, -0.2) is 20.8 Å². The number of oxime groups is 1. The minimum atomic E-state index is -0.502. The number of hydrogen-bond donors (Lipinski definition) is 2. The first kappa shape index (κ1) is 11.1. The van der Waals surface area contributed by atoms with Crippen LogP contribution < -0.4 is 5.73 Å². The van der Waals surface area contributed by atoms with E-state index in [-0.39, 0.29) is 11.4 Å². The molecule has 0 unspecified atom stereocenters. The molecule has 0 fully saturated rings. The van der Waals surface area contributed by atoms with Crippen LogP contribution in [0.1, 0.15) is 11.1 Å². The summed E-state index contributed by atoms with van der Waals surface area (Å²) in [4.78, 5) is 0. The standard InChI is InChI=1S/C11H11FN4O/c12-10-8(7-16-6-2-5-14-16)3-1-4-9(10)11(13)15-17/h1-6,17H,7H2,(H2,13,15). The minimum Gasteiger partial charge on any atom is -0.409 e. The molecule has 0 spiro atoms. The summed E-state index contributed by atoms with van der Waals surface area (Å²) in [5, 5.41) is 15.3. The molecule has 17 heavy (non-hydrogen) atoms. The van der Waals surface area contributed by atoms with Gasteiger partial charge >= 0.3 is 0 Å². The van der Waals surface area contributed by atoms with Crippen LogP contribution in [0, 0.1) is 5.82 Å². The van der Waals surface area contributed by atoms with Gasteiger partial charge in [-0.1, -0.05) is 17.3 Å². The van der Waals surface area contributed by atoms with E-state index >= 15 is 0 Å². The summed E-state index contributed by atoms with van der Waals surface area (Å²) in [5.74, 6) is -0.747. The molecule has 0 radical (unpaired) electrons. The molecule has 88 valence electrons. The number of nitrogens with two attached hydrogens (primary N) is 1. The minimum absolute atomic E-state index is 0.0807. The van der Waals surface area contributed by atoms with Crippen LogP contribution >= 0.6 is 0 Å². The molecule has 0 aliphatic carbocycles. The van der Waals surface area contributed by atoms with E-state index in [9.17, 15) is 4.39 Å². The maximum atomic E-state index is 14.0. The maximum absolute atomic E-state index is 14.0. The van der Waals surface area contributed by atoms with E-state index < -0.39 is 5.82 Å². The summed E-state index contributed by atoms with van der Waals surface area (Å²) < 4.78 is 15.6. The summed E-state index contributed by atoms with van der Waals surface area (Å²) in [6.07, 6.45) is 3.35. The average molecular weight is 234 g/mol. The molecule has 6 heteroatoms. The number of amidine groups is 1. The fourth-order valence-electron chi connectivity index (χ4n) is 1.52. The fourth-order valence-corrected chi connectivity index (χ4v) is 1.52. The molecule has 2 aromatic rings. The third-order valence-electron chi connectivity index (χ3n) is 2.35. The molecule has 0 atom stereocenters. The van der Waals surface area contributed by atoms with Crippen molar-refractivity contribution in [2.24, 2.45) is 10.9 Å². The Morgan fingerprint density at radius 3 is 2.94 bits per heavy atom. The summed E-state index contributed by atoms with van der Waals surface area (Å²) in [6, 6.07) is 6.49. The topological polar surface area (TPSA) is 76.4 Å². The van der Waals surface area contributed by atoms with Crippen molar-refractivity contribution >= 4 is 5.84 Å². The Balaban J connectivity index is 2.36. The van der Waals surface area contributed by atoms with Gasteiger partial charge in [0.15, 0.2) is 5.84 Å². The zero-order chi connectivity index (χ0) is 12.3. The van der Waals surface area contributed by atoms with E-state index in [1.165, 1.54) is 6.07 Å². The summed E-state index contributed by atoms with van der Waals surface area (Å²) in [7, 11) is 0. The van der Waals surface area contributed by atoms with E-state index in [0.29, 0.717) is 12.1 Å². The van der Waals surface area contributed by atoms with Crippen molar-refractivity contribution in [3.8, 4) is 0 Å². The van der Waals surface area contributed by atoms with E-state index in [4.69, 9.17) is 10.9 Å². The molecule has 1 heterocycles. The van der Waals surface area contributed by atoms with Gasteiger partial charge in [0, 0.05) is 18.0 Å². The molecule has 0 aliphatic rings. The van der Waals surface area contributed by atoms with Gasteiger partial charge in [-0.25, -0.2) is 4.39 Å². The van der Waals surface area contributed by atoms with Gasteiger partial charge in [-0.3, -0.25) is 4.68 Å². The molecule has 1 aromatic carbocycles. The van der Waals surface area contributed by atoms with Crippen molar-refractivity contribution in [3.63, 3.8) is 0 Å². The zero-order valence-corrected chi connectivity index (χ0v) is 8.92. The highest BCUT2D eigenvalue weighted by molar-refractivity contribution is 5.97. The molecule has 2 rings (SSSR count). The molecular weight excluding hydrogens is 223 g/mol. The number of aromatic nitrogens is 2. The maximum Gasteiger partial charge on any atom is 0.173 e. The second kappa shape index (κ2) is 4.65. The summed E-state index contributed by atoms with van der Waals surface area (Å²) in [5.41, 5.74) is 5.88. The monoisotopic (exact) mass is 234 g/mol. The van der Waals surface area contributed by atoms with Crippen molar-refractivity contribution in [2.45, 2.75) is 6.54 Å². The molecule has 0 amide bonds. The van der Waals surface area contributed by atoms with Crippen molar-refractivity contribution < 1.29 is 9.60 Å². The Bertz CT molecular complexity index is 536. The molecule has 0 aliphatic heterocycles. The second-order valence-electron chi connectivity index (χ2n) is 3.47. The lowest BCUT2D eigenvalue weighted by molar-refractivity contribution is 0.318. The molecule has 0 saturated carbocycles. The van der Waals surface area contributed by atoms with Crippen molar-refractivity contribution in [1.82, 2.24) is 9.78 Å². The van der Waals surface area contributed by atoms with Crippen molar-refractivity contribution in [2.75, 3.05) is 0 Å². The molecular formula is C11H11FN4O. The third kappa shape index (κ3) is 2.25. The second-order valence-corrected chi connectivity index (χ2v) is 3.47. The summed E-state index contributed by atoms with van der Waals surface area (Å²) >= 11 is 0. The molecule has 5 nitrogen and oxygen atoms in total. The van der Waals surface area contributed by atoms with Gasteiger partial charge in [0.1, 0.15) is 5.82 Å². The van der Waals surface area contributed by atoms with E-state index in [0.717, 1.165) is 0 Å². The van der Waals surface area contributed by atoms with Gasteiger partial charge in [-0.2, -0.15) is 5.10 Å². The zero-order valence-electron chi connectivity index (χ0n) is 8.92. The highest BCUT2D eigenvalue weighted by Gasteiger charge is 2.11. The molecule has 3 N–H and O–H groups in total.